The summed E-state index contributed by atoms with van der Waals surface area (Å²) in [6.07, 6.45) is 0.195. The summed E-state index contributed by atoms with van der Waals surface area (Å²) in [6.45, 7) is 10.5. The first kappa shape index (κ1) is 14.2. The Bertz CT molecular complexity index is 329. The average Bonchev–Trinajstić information content (AvgIpc) is 2.26. The minimum absolute atomic E-state index is 0.00101. The Hall–Kier alpha value is -0.860. The molecule has 96 valence electrons. The van der Waals surface area contributed by atoms with Gasteiger partial charge in [-0.2, -0.15) is 0 Å². The fraction of sp³-hybridized carbons (Fsp3) is 0.600. The molecular formula is C15H25NO. The van der Waals surface area contributed by atoms with E-state index in [9.17, 15) is 0 Å². The van der Waals surface area contributed by atoms with Crippen molar-refractivity contribution >= 4 is 0 Å². The van der Waals surface area contributed by atoms with Crippen molar-refractivity contribution in [1.82, 2.24) is 0 Å². The molecule has 0 aromatic heterocycles. The summed E-state index contributed by atoms with van der Waals surface area (Å²) in [7, 11) is 0. The van der Waals surface area contributed by atoms with Gasteiger partial charge in [0, 0.05) is 6.04 Å². The highest BCUT2D eigenvalue weighted by atomic mass is 16.5. The average molecular weight is 235 g/mol. The van der Waals surface area contributed by atoms with E-state index in [1.165, 1.54) is 5.56 Å². The molecule has 0 spiro atoms. The monoisotopic (exact) mass is 235 g/mol. The molecule has 1 aromatic carbocycles. The van der Waals surface area contributed by atoms with Gasteiger partial charge in [-0.25, -0.2) is 0 Å². The maximum Gasteiger partial charge on any atom is 0.0976 e. The highest BCUT2D eigenvalue weighted by molar-refractivity contribution is 5.24. The van der Waals surface area contributed by atoms with Crippen LogP contribution in [0.5, 0.6) is 0 Å². The van der Waals surface area contributed by atoms with Crippen molar-refractivity contribution in [3.05, 3.63) is 35.4 Å². The van der Waals surface area contributed by atoms with Crippen LogP contribution in [0.15, 0.2) is 24.3 Å². The van der Waals surface area contributed by atoms with Crippen molar-refractivity contribution in [2.24, 2.45) is 11.7 Å². The van der Waals surface area contributed by atoms with Crippen LogP contribution >= 0.6 is 0 Å². The van der Waals surface area contributed by atoms with Crippen LogP contribution in [0.2, 0.25) is 0 Å². The molecule has 0 amide bonds. The van der Waals surface area contributed by atoms with Crippen molar-refractivity contribution < 1.29 is 4.74 Å². The van der Waals surface area contributed by atoms with Crippen molar-refractivity contribution in [1.29, 1.82) is 0 Å². The van der Waals surface area contributed by atoms with E-state index in [1.807, 2.05) is 6.92 Å². The molecule has 3 unspecified atom stereocenters. The summed E-state index contributed by atoms with van der Waals surface area (Å²) in [4.78, 5) is 0. The molecule has 0 aliphatic heterocycles. The van der Waals surface area contributed by atoms with E-state index in [0.717, 1.165) is 5.56 Å². The first-order valence-electron chi connectivity index (χ1n) is 6.39. The van der Waals surface area contributed by atoms with Crippen LogP contribution in [0, 0.1) is 12.8 Å². The smallest absolute Gasteiger partial charge is 0.0976 e. The molecule has 0 saturated heterocycles. The number of rotatable bonds is 5. The van der Waals surface area contributed by atoms with Gasteiger partial charge in [-0.15, -0.1) is 0 Å². The molecule has 0 aliphatic rings. The van der Waals surface area contributed by atoms with E-state index in [4.69, 9.17) is 10.5 Å². The largest absolute Gasteiger partial charge is 0.369 e. The van der Waals surface area contributed by atoms with Gasteiger partial charge >= 0.3 is 0 Å². The minimum atomic E-state index is -0.0204. The summed E-state index contributed by atoms with van der Waals surface area (Å²) in [5, 5.41) is 0. The lowest BCUT2D eigenvalue weighted by Crippen LogP contribution is -2.31. The SMILES string of the molecule is Cc1ccc(C(OC(C)C(C)C)C(C)N)cc1. The zero-order valence-electron chi connectivity index (χ0n) is 11.6. The molecule has 0 saturated carbocycles. The van der Waals surface area contributed by atoms with E-state index in [0.29, 0.717) is 5.92 Å². The number of ether oxygens (including phenoxy) is 1. The van der Waals surface area contributed by atoms with E-state index < -0.39 is 0 Å². The van der Waals surface area contributed by atoms with Crippen molar-refractivity contribution in [2.75, 3.05) is 0 Å². The zero-order chi connectivity index (χ0) is 13.0. The molecule has 0 bridgehead atoms. The summed E-state index contributed by atoms with van der Waals surface area (Å²) >= 11 is 0. The Morgan fingerprint density at radius 3 is 1.94 bits per heavy atom. The maximum atomic E-state index is 6.07. The zero-order valence-corrected chi connectivity index (χ0v) is 11.6. The Labute approximate surface area is 105 Å². The lowest BCUT2D eigenvalue weighted by molar-refractivity contribution is -0.0363. The van der Waals surface area contributed by atoms with Gasteiger partial charge in [-0.1, -0.05) is 43.7 Å². The van der Waals surface area contributed by atoms with Crippen molar-refractivity contribution in [3.63, 3.8) is 0 Å². The van der Waals surface area contributed by atoms with Gasteiger partial charge in [-0.3, -0.25) is 0 Å². The third-order valence-corrected chi connectivity index (χ3v) is 3.18. The van der Waals surface area contributed by atoms with Crippen LogP contribution in [-0.4, -0.2) is 12.1 Å². The number of hydrogen-bond donors (Lipinski definition) is 1. The second-order valence-corrected chi connectivity index (χ2v) is 5.28. The number of hydrogen-bond acceptors (Lipinski definition) is 2. The predicted molar refractivity (Wildman–Crippen MR) is 73.0 cm³/mol. The molecule has 1 aromatic rings. The maximum absolute atomic E-state index is 6.07. The minimum Gasteiger partial charge on any atom is -0.369 e. The quantitative estimate of drug-likeness (QED) is 0.848. The topological polar surface area (TPSA) is 35.2 Å². The second-order valence-electron chi connectivity index (χ2n) is 5.28. The molecule has 3 atom stereocenters. The predicted octanol–water partition coefficient (Wildman–Crippen LogP) is 3.44. The van der Waals surface area contributed by atoms with Crippen LogP contribution in [0.25, 0.3) is 0 Å². The summed E-state index contributed by atoms with van der Waals surface area (Å²) in [5.74, 6) is 0.502. The lowest BCUT2D eigenvalue weighted by Gasteiger charge is -2.27. The van der Waals surface area contributed by atoms with E-state index >= 15 is 0 Å². The van der Waals surface area contributed by atoms with E-state index in [2.05, 4.69) is 52.0 Å². The fourth-order valence-corrected chi connectivity index (χ4v) is 1.65. The number of nitrogens with two attached hydrogens (primary N) is 1. The van der Waals surface area contributed by atoms with Gasteiger partial charge in [0.2, 0.25) is 0 Å². The summed E-state index contributed by atoms with van der Waals surface area (Å²) < 4.78 is 6.07. The molecule has 2 nitrogen and oxygen atoms in total. The van der Waals surface area contributed by atoms with Crippen LogP contribution in [0.1, 0.15) is 44.9 Å². The summed E-state index contributed by atoms with van der Waals surface area (Å²) in [6, 6.07) is 8.42. The van der Waals surface area contributed by atoms with Gasteiger partial charge < -0.3 is 10.5 Å². The second kappa shape index (κ2) is 6.18. The molecule has 0 radical (unpaired) electrons. The molecule has 17 heavy (non-hydrogen) atoms. The molecule has 2 N–H and O–H groups in total. The van der Waals surface area contributed by atoms with Gasteiger partial charge in [0.05, 0.1) is 12.2 Å². The fourth-order valence-electron chi connectivity index (χ4n) is 1.65. The Balaban J connectivity index is 2.82. The lowest BCUT2D eigenvalue weighted by atomic mass is 10.0. The highest BCUT2D eigenvalue weighted by Gasteiger charge is 2.21. The first-order valence-corrected chi connectivity index (χ1v) is 6.39. The normalized spacial score (nSPS) is 16.9. The molecule has 0 heterocycles. The van der Waals surface area contributed by atoms with Gasteiger partial charge in [-0.05, 0) is 32.3 Å². The standard InChI is InChI=1S/C15H25NO/c1-10(2)13(5)17-15(12(4)16)14-8-6-11(3)7-9-14/h6-10,12-13,15H,16H2,1-5H3. The van der Waals surface area contributed by atoms with Crippen LogP contribution in [0.4, 0.5) is 0 Å². The van der Waals surface area contributed by atoms with Gasteiger partial charge in [0.15, 0.2) is 0 Å². The summed E-state index contributed by atoms with van der Waals surface area (Å²) in [5.41, 5.74) is 8.45. The third-order valence-electron chi connectivity index (χ3n) is 3.18. The molecule has 2 heteroatoms. The molecule has 0 fully saturated rings. The van der Waals surface area contributed by atoms with Gasteiger partial charge in [0.25, 0.3) is 0 Å². The highest BCUT2D eigenvalue weighted by Crippen LogP contribution is 2.24. The van der Waals surface area contributed by atoms with Crippen molar-refractivity contribution in [2.45, 2.75) is 52.9 Å². The van der Waals surface area contributed by atoms with Crippen molar-refractivity contribution in [3.8, 4) is 0 Å². The Morgan fingerprint density at radius 1 is 1.00 bits per heavy atom. The third kappa shape index (κ3) is 4.14. The molecular weight excluding hydrogens is 210 g/mol. The molecule has 1 rings (SSSR count). The van der Waals surface area contributed by atoms with E-state index in [1.54, 1.807) is 0 Å². The number of benzene rings is 1. The number of aryl methyl sites for hydroxylation is 1. The molecule has 0 aliphatic carbocycles. The Morgan fingerprint density at radius 2 is 1.53 bits per heavy atom. The van der Waals surface area contributed by atoms with Crippen LogP contribution in [-0.2, 0) is 4.74 Å². The van der Waals surface area contributed by atoms with Gasteiger partial charge in [0.1, 0.15) is 0 Å². The van der Waals surface area contributed by atoms with Crippen LogP contribution < -0.4 is 5.73 Å². The first-order chi connectivity index (χ1) is 7.91. The Kier molecular flexibility index (Phi) is 5.16. The van der Waals surface area contributed by atoms with E-state index in [-0.39, 0.29) is 18.2 Å². The van der Waals surface area contributed by atoms with Crippen LogP contribution in [0.3, 0.4) is 0 Å².